The Kier molecular flexibility index (Phi) is 5.22. The molecule has 0 aliphatic heterocycles. The number of nitrogens with one attached hydrogen (secondary N) is 1. The molecule has 0 atom stereocenters. The van der Waals surface area contributed by atoms with Crippen molar-refractivity contribution in [2.24, 2.45) is 0 Å². The molecule has 1 amide bonds. The van der Waals surface area contributed by atoms with Crippen molar-refractivity contribution < 1.29 is 9.18 Å². The molecule has 5 nitrogen and oxygen atoms in total. The van der Waals surface area contributed by atoms with Crippen LogP contribution in [0.4, 0.5) is 16.0 Å². The van der Waals surface area contributed by atoms with Gasteiger partial charge in [0.2, 0.25) is 5.95 Å². The number of hydrogen-bond donors (Lipinski definition) is 1. The van der Waals surface area contributed by atoms with Crippen LogP contribution in [0.2, 0.25) is 0 Å². The normalized spacial score (nSPS) is 10.4. The van der Waals surface area contributed by atoms with Crippen LogP contribution < -0.4 is 10.2 Å². The number of aryl methyl sites for hydroxylation is 1. The first-order chi connectivity index (χ1) is 12.5. The molecule has 2 aromatic carbocycles. The molecule has 0 radical (unpaired) electrons. The van der Waals surface area contributed by atoms with Crippen LogP contribution in [0.5, 0.6) is 0 Å². The minimum Gasteiger partial charge on any atom is -0.347 e. The lowest BCUT2D eigenvalue weighted by atomic mass is 10.2. The van der Waals surface area contributed by atoms with Crippen LogP contribution in [0.1, 0.15) is 21.7 Å². The summed E-state index contributed by atoms with van der Waals surface area (Å²) in [5, 5.41) is 2.70. The summed E-state index contributed by atoms with van der Waals surface area (Å²) in [5.41, 5.74) is 2.25. The third-order valence-electron chi connectivity index (χ3n) is 3.92. The monoisotopic (exact) mass is 350 g/mol. The summed E-state index contributed by atoms with van der Waals surface area (Å²) < 4.78 is 13.7. The summed E-state index contributed by atoms with van der Waals surface area (Å²) in [5.74, 6) is -0.301. The van der Waals surface area contributed by atoms with Gasteiger partial charge in [-0.3, -0.25) is 4.79 Å². The predicted octanol–water partition coefficient (Wildman–Crippen LogP) is 3.62. The Morgan fingerprint density at radius 3 is 2.50 bits per heavy atom. The number of carbonyl (C=O) groups is 1. The third kappa shape index (κ3) is 4.03. The number of benzene rings is 2. The first-order valence-corrected chi connectivity index (χ1v) is 8.20. The predicted molar refractivity (Wildman–Crippen MR) is 98.8 cm³/mol. The molecule has 0 bridgehead atoms. The van der Waals surface area contributed by atoms with Crippen molar-refractivity contribution in [1.29, 1.82) is 0 Å². The molecule has 0 unspecified atom stereocenters. The van der Waals surface area contributed by atoms with E-state index in [9.17, 15) is 9.18 Å². The van der Waals surface area contributed by atoms with Crippen LogP contribution in [-0.4, -0.2) is 22.9 Å². The van der Waals surface area contributed by atoms with E-state index >= 15 is 0 Å². The molecule has 6 heteroatoms. The van der Waals surface area contributed by atoms with Crippen LogP contribution >= 0.6 is 0 Å². The number of rotatable bonds is 5. The minimum absolute atomic E-state index is 0.0956. The maximum absolute atomic E-state index is 13.7. The molecular weight excluding hydrogens is 331 g/mol. The topological polar surface area (TPSA) is 58.1 Å². The van der Waals surface area contributed by atoms with Gasteiger partial charge in [0.1, 0.15) is 11.5 Å². The number of anilines is 2. The zero-order valence-corrected chi connectivity index (χ0v) is 14.6. The standard InChI is InChI=1S/C20H19FN4O/c1-14-12-18(19(26)22-13-15-8-6-7-11-17(15)21)24-20(23-14)25(2)16-9-4-3-5-10-16/h3-12H,13H2,1-2H3,(H,22,26). The molecule has 1 aromatic heterocycles. The van der Waals surface area contributed by atoms with Gasteiger partial charge >= 0.3 is 0 Å². The van der Waals surface area contributed by atoms with Crippen molar-refractivity contribution in [3.05, 3.63) is 83.4 Å². The van der Waals surface area contributed by atoms with Gasteiger partial charge in [0.25, 0.3) is 5.91 Å². The van der Waals surface area contributed by atoms with Crippen molar-refractivity contribution in [1.82, 2.24) is 15.3 Å². The van der Waals surface area contributed by atoms with E-state index in [1.54, 1.807) is 36.1 Å². The number of nitrogens with zero attached hydrogens (tertiary/aromatic N) is 3. The van der Waals surface area contributed by atoms with Crippen molar-refractivity contribution in [3.8, 4) is 0 Å². The summed E-state index contributed by atoms with van der Waals surface area (Å²) in [6, 6.07) is 17.6. The third-order valence-corrected chi connectivity index (χ3v) is 3.92. The number of para-hydroxylation sites is 1. The van der Waals surface area contributed by atoms with Gasteiger partial charge < -0.3 is 10.2 Å². The Labute approximate surface area is 151 Å². The van der Waals surface area contributed by atoms with Crippen LogP contribution in [-0.2, 0) is 6.54 Å². The zero-order valence-electron chi connectivity index (χ0n) is 14.6. The van der Waals surface area contributed by atoms with E-state index in [4.69, 9.17) is 0 Å². The minimum atomic E-state index is -0.374. The van der Waals surface area contributed by atoms with E-state index in [1.807, 2.05) is 37.4 Å². The highest BCUT2D eigenvalue weighted by atomic mass is 19.1. The second-order valence-electron chi connectivity index (χ2n) is 5.86. The summed E-state index contributed by atoms with van der Waals surface area (Å²) in [6.45, 7) is 1.90. The average molecular weight is 350 g/mol. The molecule has 0 saturated carbocycles. The SMILES string of the molecule is Cc1cc(C(=O)NCc2ccccc2F)nc(N(C)c2ccccc2)n1. The summed E-state index contributed by atoms with van der Waals surface area (Å²) >= 11 is 0. The Hall–Kier alpha value is -3.28. The van der Waals surface area contributed by atoms with E-state index in [0.29, 0.717) is 17.2 Å². The lowest BCUT2D eigenvalue weighted by Crippen LogP contribution is -2.25. The molecule has 132 valence electrons. The highest BCUT2D eigenvalue weighted by Gasteiger charge is 2.14. The molecule has 1 N–H and O–H groups in total. The van der Waals surface area contributed by atoms with E-state index < -0.39 is 0 Å². The highest BCUT2D eigenvalue weighted by molar-refractivity contribution is 5.92. The van der Waals surface area contributed by atoms with Gasteiger partial charge in [0.15, 0.2) is 0 Å². The van der Waals surface area contributed by atoms with Crippen LogP contribution in [0.15, 0.2) is 60.7 Å². The fourth-order valence-electron chi connectivity index (χ4n) is 2.49. The first-order valence-electron chi connectivity index (χ1n) is 8.20. The van der Waals surface area contributed by atoms with Gasteiger partial charge in [-0.1, -0.05) is 36.4 Å². The van der Waals surface area contributed by atoms with Gasteiger partial charge in [-0.15, -0.1) is 0 Å². The first kappa shape index (κ1) is 17.5. The van der Waals surface area contributed by atoms with Crippen molar-refractivity contribution >= 4 is 17.5 Å². The molecule has 0 spiro atoms. The highest BCUT2D eigenvalue weighted by Crippen LogP contribution is 2.20. The largest absolute Gasteiger partial charge is 0.347 e. The molecular formula is C20H19FN4O. The van der Waals surface area contributed by atoms with Gasteiger partial charge in [0, 0.05) is 30.5 Å². The van der Waals surface area contributed by atoms with Gasteiger partial charge in [0.05, 0.1) is 0 Å². The molecule has 0 aliphatic carbocycles. The number of halogens is 1. The molecule has 1 heterocycles. The lowest BCUT2D eigenvalue weighted by molar-refractivity contribution is 0.0945. The maximum Gasteiger partial charge on any atom is 0.270 e. The number of hydrogen-bond acceptors (Lipinski definition) is 4. The lowest BCUT2D eigenvalue weighted by Gasteiger charge is -2.18. The summed E-state index contributed by atoms with van der Waals surface area (Å²) in [6.07, 6.45) is 0. The van der Waals surface area contributed by atoms with Crippen LogP contribution in [0, 0.1) is 12.7 Å². The molecule has 0 saturated heterocycles. The van der Waals surface area contributed by atoms with Crippen molar-refractivity contribution in [3.63, 3.8) is 0 Å². The molecule has 0 aliphatic rings. The summed E-state index contributed by atoms with van der Waals surface area (Å²) in [7, 11) is 1.84. The number of amides is 1. The molecule has 3 rings (SSSR count). The molecule has 26 heavy (non-hydrogen) atoms. The van der Waals surface area contributed by atoms with E-state index in [0.717, 1.165) is 5.69 Å². The van der Waals surface area contributed by atoms with Gasteiger partial charge in [-0.2, -0.15) is 0 Å². The Balaban J connectivity index is 1.79. The van der Waals surface area contributed by atoms with Gasteiger partial charge in [-0.05, 0) is 31.2 Å². The summed E-state index contributed by atoms with van der Waals surface area (Å²) in [4.78, 5) is 23.0. The number of carbonyl (C=O) groups excluding carboxylic acids is 1. The Bertz CT molecular complexity index is 915. The maximum atomic E-state index is 13.7. The molecule has 3 aromatic rings. The average Bonchev–Trinajstić information content (AvgIpc) is 2.66. The zero-order chi connectivity index (χ0) is 18.5. The Morgan fingerprint density at radius 2 is 1.77 bits per heavy atom. The van der Waals surface area contributed by atoms with E-state index in [-0.39, 0.29) is 24.0 Å². The van der Waals surface area contributed by atoms with Gasteiger partial charge in [-0.25, -0.2) is 14.4 Å². The van der Waals surface area contributed by atoms with Crippen LogP contribution in [0.3, 0.4) is 0 Å². The van der Waals surface area contributed by atoms with Crippen molar-refractivity contribution in [2.75, 3.05) is 11.9 Å². The van der Waals surface area contributed by atoms with E-state index in [1.165, 1.54) is 6.07 Å². The fraction of sp³-hybridized carbons (Fsp3) is 0.150. The fourth-order valence-corrected chi connectivity index (χ4v) is 2.49. The number of aromatic nitrogens is 2. The molecule has 0 fully saturated rings. The van der Waals surface area contributed by atoms with E-state index in [2.05, 4.69) is 15.3 Å². The van der Waals surface area contributed by atoms with Crippen molar-refractivity contribution in [2.45, 2.75) is 13.5 Å². The quantitative estimate of drug-likeness (QED) is 0.763. The second kappa shape index (κ2) is 7.74. The second-order valence-corrected chi connectivity index (χ2v) is 5.86. The van der Waals surface area contributed by atoms with Crippen LogP contribution in [0.25, 0.3) is 0 Å². The Morgan fingerprint density at radius 1 is 1.08 bits per heavy atom. The smallest absolute Gasteiger partial charge is 0.270 e.